The fourth-order valence-electron chi connectivity index (χ4n) is 1.55. The molecule has 0 aliphatic rings. The molecule has 0 bridgehead atoms. The predicted octanol–water partition coefficient (Wildman–Crippen LogP) is 2.90. The van der Waals surface area contributed by atoms with Gasteiger partial charge in [-0.25, -0.2) is 9.97 Å². The average molecular weight is 308 g/mol. The van der Waals surface area contributed by atoms with E-state index in [2.05, 4.69) is 37.3 Å². The molecule has 0 aliphatic heterocycles. The highest BCUT2D eigenvalue weighted by Crippen LogP contribution is 2.13. The number of nitrogens with zero attached hydrogens (tertiary/aromatic N) is 2. The van der Waals surface area contributed by atoms with Crippen LogP contribution in [0, 0.1) is 0 Å². The Morgan fingerprint density at radius 1 is 1.28 bits per heavy atom. The zero-order valence-corrected chi connectivity index (χ0v) is 11.6. The number of ether oxygens (including phenoxy) is 1. The minimum atomic E-state index is 0.640. The minimum Gasteiger partial charge on any atom is -0.497 e. The van der Waals surface area contributed by atoms with Gasteiger partial charge in [0.05, 0.1) is 11.6 Å². The molecule has 0 radical (unpaired) electrons. The van der Waals surface area contributed by atoms with E-state index in [1.807, 2.05) is 18.2 Å². The smallest absolute Gasteiger partial charge is 0.222 e. The van der Waals surface area contributed by atoms with Gasteiger partial charge in [0.2, 0.25) is 5.95 Å². The van der Waals surface area contributed by atoms with Crippen LogP contribution in [-0.2, 0) is 6.42 Å². The molecule has 2 rings (SSSR count). The average Bonchev–Trinajstić information content (AvgIpc) is 2.41. The molecular weight excluding hydrogens is 294 g/mol. The maximum Gasteiger partial charge on any atom is 0.222 e. The molecule has 1 aromatic heterocycles. The van der Waals surface area contributed by atoms with Crippen molar-refractivity contribution >= 4 is 21.9 Å². The molecule has 18 heavy (non-hydrogen) atoms. The van der Waals surface area contributed by atoms with E-state index in [0.717, 1.165) is 23.2 Å². The summed E-state index contributed by atoms with van der Waals surface area (Å²) in [6, 6.07) is 8.04. The van der Waals surface area contributed by atoms with Crippen LogP contribution < -0.4 is 10.1 Å². The predicted molar refractivity (Wildman–Crippen MR) is 74.9 cm³/mol. The molecule has 94 valence electrons. The summed E-state index contributed by atoms with van der Waals surface area (Å²) in [4.78, 5) is 8.30. The molecule has 0 saturated heterocycles. The first kappa shape index (κ1) is 12.8. The standard InChI is InChI=1S/C13H14BrN3O/c1-18-12-4-2-3-10(7-12)5-6-15-13-16-8-11(14)9-17-13/h2-4,7-9H,5-6H2,1H3,(H,15,16,17). The molecule has 0 aliphatic carbocycles. The third-order valence-corrected chi connectivity index (χ3v) is 2.86. The molecule has 0 saturated carbocycles. The lowest BCUT2D eigenvalue weighted by molar-refractivity contribution is 0.414. The van der Waals surface area contributed by atoms with Crippen LogP contribution in [0.15, 0.2) is 41.1 Å². The minimum absolute atomic E-state index is 0.640. The van der Waals surface area contributed by atoms with Crippen LogP contribution in [0.25, 0.3) is 0 Å². The second kappa shape index (κ2) is 6.35. The molecule has 0 amide bonds. The van der Waals surface area contributed by atoms with Crippen LogP contribution in [0.3, 0.4) is 0 Å². The first-order valence-electron chi connectivity index (χ1n) is 5.62. The third kappa shape index (κ3) is 3.70. The van der Waals surface area contributed by atoms with E-state index >= 15 is 0 Å². The normalized spacial score (nSPS) is 10.1. The lowest BCUT2D eigenvalue weighted by Gasteiger charge is -2.06. The lowest BCUT2D eigenvalue weighted by atomic mass is 10.1. The van der Waals surface area contributed by atoms with Crippen LogP contribution in [0.5, 0.6) is 5.75 Å². The molecular formula is C13H14BrN3O. The summed E-state index contributed by atoms with van der Waals surface area (Å²) in [6.45, 7) is 0.787. The number of hydrogen-bond acceptors (Lipinski definition) is 4. The fraction of sp³-hybridized carbons (Fsp3) is 0.231. The topological polar surface area (TPSA) is 47.0 Å². The molecule has 1 aromatic carbocycles. The van der Waals surface area contributed by atoms with E-state index < -0.39 is 0 Å². The maximum atomic E-state index is 5.18. The van der Waals surface area contributed by atoms with Gasteiger partial charge >= 0.3 is 0 Å². The molecule has 0 fully saturated rings. The summed E-state index contributed by atoms with van der Waals surface area (Å²) in [5, 5.41) is 3.17. The summed E-state index contributed by atoms with van der Waals surface area (Å²) in [7, 11) is 1.67. The fourth-order valence-corrected chi connectivity index (χ4v) is 1.75. The van der Waals surface area contributed by atoms with Gasteiger partial charge in [0.15, 0.2) is 0 Å². The highest BCUT2D eigenvalue weighted by atomic mass is 79.9. The first-order valence-corrected chi connectivity index (χ1v) is 6.41. The second-order valence-electron chi connectivity index (χ2n) is 3.75. The Hall–Kier alpha value is -1.62. The van der Waals surface area contributed by atoms with Gasteiger partial charge in [0, 0.05) is 18.9 Å². The Morgan fingerprint density at radius 3 is 2.78 bits per heavy atom. The van der Waals surface area contributed by atoms with Crippen LogP contribution in [0.2, 0.25) is 0 Å². The van der Waals surface area contributed by atoms with Gasteiger partial charge in [-0.2, -0.15) is 0 Å². The van der Waals surface area contributed by atoms with Crippen molar-refractivity contribution in [1.29, 1.82) is 0 Å². The largest absolute Gasteiger partial charge is 0.497 e. The third-order valence-electron chi connectivity index (χ3n) is 2.45. The molecule has 1 N–H and O–H groups in total. The summed E-state index contributed by atoms with van der Waals surface area (Å²) >= 11 is 3.30. The van der Waals surface area contributed by atoms with Crippen molar-refractivity contribution in [2.75, 3.05) is 19.0 Å². The van der Waals surface area contributed by atoms with Crippen LogP contribution >= 0.6 is 15.9 Å². The summed E-state index contributed by atoms with van der Waals surface area (Å²) in [6.07, 6.45) is 4.35. The van der Waals surface area contributed by atoms with Crippen molar-refractivity contribution in [1.82, 2.24) is 9.97 Å². The van der Waals surface area contributed by atoms with Crippen molar-refractivity contribution in [3.8, 4) is 5.75 Å². The first-order chi connectivity index (χ1) is 8.78. The van der Waals surface area contributed by atoms with E-state index in [1.165, 1.54) is 5.56 Å². The van der Waals surface area contributed by atoms with E-state index in [4.69, 9.17) is 4.74 Å². The van der Waals surface area contributed by atoms with Gasteiger partial charge in [0.1, 0.15) is 5.75 Å². The highest BCUT2D eigenvalue weighted by Gasteiger charge is 1.98. The molecule has 1 heterocycles. The summed E-state index contributed by atoms with van der Waals surface area (Å²) in [5.41, 5.74) is 1.22. The summed E-state index contributed by atoms with van der Waals surface area (Å²) in [5.74, 6) is 1.52. The van der Waals surface area contributed by atoms with E-state index in [0.29, 0.717) is 5.95 Å². The van der Waals surface area contributed by atoms with Crippen molar-refractivity contribution < 1.29 is 4.74 Å². The number of anilines is 1. The van der Waals surface area contributed by atoms with Crippen LogP contribution in [-0.4, -0.2) is 23.6 Å². The number of rotatable bonds is 5. The second-order valence-corrected chi connectivity index (χ2v) is 4.67. The Kier molecular flexibility index (Phi) is 4.52. The van der Waals surface area contributed by atoms with Crippen molar-refractivity contribution in [2.45, 2.75) is 6.42 Å². The van der Waals surface area contributed by atoms with Gasteiger partial charge in [-0.15, -0.1) is 0 Å². The quantitative estimate of drug-likeness (QED) is 0.922. The highest BCUT2D eigenvalue weighted by molar-refractivity contribution is 9.10. The van der Waals surface area contributed by atoms with E-state index in [1.54, 1.807) is 19.5 Å². The number of benzene rings is 1. The number of aromatic nitrogens is 2. The molecule has 0 spiro atoms. The van der Waals surface area contributed by atoms with Gasteiger partial charge in [0.25, 0.3) is 0 Å². The number of nitrogens with one attached hydrogen (secondary N) is 1. The zero-order chi connectivity index (χ0) is 12.8. The molecule has 0 unspecified atom stereocenters. The Morgan fingerprint density at radius 2 is 2.06 bits per heavy atom. The molecule has 0 atom stereocenters. The maximum absolute atomic E-state index is 5.18. The van der Waals surface area contributed by atoms with Gasteiger partial charge in [-0.1, -0.05) is 12.1 Å². The van der Waals surface area contributed by atoms with E-state index in [-0.39, 0.29) is 0 Å². The van der Waals surface area contributed by atoms with E-state index in [9.17, 15) is 0 Å². The lowest BCUT2D eigenvalue weighted by Crippen LogP contribution is -2.07. The number of methoxy groups -OCH3 is 1. The van der Waals surface area contributed by atoms with Gasteiger partial charge in [-0.05, 0) is 40.0 Å². The monoisotopic (exact) mass is 307 g/mol. The van der Waals surface area contributed by atoms with Gasteiger partial charge in [-0.3, -0.25) is 0 Å². The SMILES string of the molecule is COc1cccc(CCNc2ncc(Br)cn2)c1. The van der Waals surface area contributed by atoms with Crippen molar-refractivity contribution in [3.63, 3.8) is 0 Å². The molecule has 2 aromatic rings. The Labute approximate surface area is 115 Å². The van der Waals surface area contributed by atoms with Crippen LogP contribution in [0.4, 0.5) is 5.95 Å². The Balaban J connectivity index is 1.86. The molecule has 4 nitrogen and oxygen atoms in total. The Bertz CT molecular complexity index is 502. The van der Waals surface area contributed by atoms with Crippen molar-refractivity contribution in [3.05, 3.63) is 46.7 Å². The van der Waals surface area contributed by atoms with Crippen molar-refractivity contribution in [2.24, 2.45) is 0 Å². The molecule has 5 heteroatoms. The number of halogens is 1. The number of hydrogen-bond donors (Lipinski definition) is 1. The van der Waals surface area contributed by atoms with Crippen LogP contribution in [0.1, 0.15) is 5.56 Å². The summed E-state index contributed by atoms with van der Waals surface area (Å²) < 4.78 is 6.06. The zero-order valence-electron chi connectivity index (χ0n) is 10.1. The van der Waals surface area contributed by atoms with Gasteiger partial charge < -0.3 is 10.1 Å².